The highest BCUT2D eigenvalue weighted by Crippen LogP contribution is 2.22. The number of benzene rings is 2. The number of nitrogen functional groups attached to an aromatic ring is 1. The van der Waals surface area contributed by atoms with Gasteiger partial charge in [-0.15, -0.1) is 0 Å². The molecule has 1 heterocycles. The van der Waals surface area contributed by atoms with E-state index in [1.54, 1.807) is 36.5 Å². The van der Waals surface area contributed by atoms with Crippen molar-refractivity contribution in [2.75, 3.05) is 16.4 Å². The number of nitrogens with zero attached hydrogens (tertiary/aromatic N) is 1. The summed E-state index contributed by atoms with van der Waals surface area (Å²) < 4.78 is 0. The third kappa shape index (κ3) is 3.24. The normalized spacial score (nSPS) is 10.5. The molecule has 1 aromatic heterocycles. The van der Waals surface area contributed by atoms with Crippen molar-refractivity contribution >= 4 is 51.4 Å². The van der Waals surface area contributed by atoms with Gasteiger partial charge in [0.05, 0.1) is 22.4 Å². The van der Waals surface area contributed by atoms with Crippen LogP contribution in [0.3, 0.4) is 0 Å². The number of aromatic amines is 1. The molecule has 0 saturated carbocycles. The maximum Gasteiger partial charge on any atom is 0.314 e. The van der Waals surface area contributed by atoms with Gasteiger partial charge in [-0.3, -0.25) is 14.7 Å². The lowest BCUT2D eigenvalue weighted by atomic mass is 10.2. The molecule has 3 aromatic rings. The number of carbonyl (C=O) groups is 2. The summed E-state index contributed by atoms with van der Waals surface area (Å²) in [5, 5.41) is 12.8. The van der Waals surface area contributed by atoms with Crippen LogP contribution in [0.4, 0.5) is 17.1 Å². The number of amides is 2. The third-order valence-corrected chi connectivity index (χ3v) is 3.49. The van der Waals surface area contributed by atoms with Crippen LogP contribution in [0.2, 0.25) is 5.02 Å². The molecule has 0 bridgehead atoms. The van der Waals surface area contributed by atoms with Crippen molar-refractivity contribution in [3.05, 3.63) is 47.6 Å². The SMILES string of the molecule is Nc1ccc(NC(=O)C(=O)Nc2ccc3cn[nH]c3c2)cc1Cl. The molecular formula is C15H12ClN5O2. The first kappa shape index (κ1) is 14.9. The Kier molecular flexibility index (Phi) is 3.86. The fourth-order valence-corrected chi connectivity index (χ4v) is 2.18. The van der Waals surface area contributed by atoms with Gasteiger partial charge in [-0.25, -0.2) is 0 Å². The van der Waals surface area contributed by atoms with Gasteiger partial charge in [0.25, 0.3) is 0 Å². The Hall–Kier alpha value is -3.06. The van der Waals surface area contributed by atoms with Crippen LogP contribution in [0, 0.1) is 0 Å². The Bertz CT molecular complexity index is 906. The molecule has 0 atom stereocenters. The number of H-pyrrole nitrogens is 1. The number of rotatable bonds is 2. The molecule has 23 heavy (non-hydrogen) atoms. The third-order valence-electron chi connectivity index (χ3n) is 3.16. The quantitative estimate of drug-likeness (QED) is 0.427. The molecule has 0 fully saturated rings. The van der Waals surface area contributed by atoms with Gasteiger partial charge in [0.1, 0.15) is 0 Å². The predicted molar refractivity (Wildman–Crippen MR) is 89.2 cm³/mol. The van der Waals surface area contributed by atoms with E-state index in [1.807, 2.05) is 0 Å². The van der Waals surface area contributed by atoms with Crippen LogP contribution < -0.4 is 16.4 Å². The van der Waals surface area contributed by atoms with Crippen molar-refractivity contribution in [1.82, 2.24) is 10.2 Å². The van der Waals surface area contributed by atoms with Gasteiger partial charge < -0.3 is 16.4 Å². The van der Waals surface area contributed by atoms with E-state index in [4.69, 9.17) is 17.3 Å². The maximum absolute atomic E-state index is 11.9. The minimum atomic E-state index is -0.810. The summed E-state index contributed by atoms with van der Waals surface area (Å²) in [6.45, 7) is 0. The monoisotopic (exact) mass is 329 g/mol. The number of anilines is 3. The number of carbonyl (C=O) groups excluding carboxylic acids is 2. The first-order chi connectivity index (χ1) is 11.0. The first-order valence-electron chi connectivity index (χ1n) is 6.63. The molecule has 0 aliphatic heterocycles. The van der Waals surface area contributed by atoms with E-state index in [-0.39, 0.29) is 0 Å². The molecule has 5 N–H and O–H groups in total. The minimum Gasteiger partial charge on any atom is -0.398 e. The van der Waals surface area contributed by atoms with Gasteiger partial charge in [-0.2, -0.15) is 5.10 Å². The van der Waals surface area contributed by atoms with Crippen molar-refractivity contribution in [2.24, 2.45) is 0 Å². The molecule has 2 aromatic carbocycles. The lowest BCUT2D eigenvalue weighted by Crippen LogP contribution is -2.29. The Labute approximate surface area is 135 Å². The predicted octanol–water partition coefficient (Wildman–Crippen LogP) is 2.38. The van der Waals surface area contributed by atoms with E-state index in [9.17, 15) is 9.59 Å². The van der Waals surface area contributed by atoms with Crippen molar-refractivity contribution in [3.63, 3.8) is 0 Å². The molecule has 0 spiro atoms. The molecule has 2 amide bonds. The lowest BCUT2D eigenvalue weighted by Gasteiger charge is -2.07. The summed E-state index contributed by atoms with van der Waals surface area (Å²) in [5.41, 5.74) is 7.60. The van der Waals surface area contributed by atoms with Gasteiger partial charge in [0.15, 0.2) is 0 Å². The second kappa shape index (κ2) is 5.98. The summed E-state index contributed by atoms with van der Waals surface area (Å²) in [7, 11) is 0. The number of aromatic nitrogens is 2. The smallest absolute Gasteiger partial charge is 0.314 e. The van der Waals surface area contributed by atoms with E-state index in [0.29, 0.717) is 22.1 Å². The van der Waals surface area contributed by atoms with E-state index in [2.05, 4.69) is 20.8 Å². The van der Waals surface area contributed by atoms with Crippen LogP contribution in [0.25, 0.3) is 10.9 Å². The molecule has 0 radical (unpaired) electrons. The molecule has 116 valence electrons. The Balaban J connectivity index is 1.69. The van der Waals surface area contributed by atoms with Crippen LogP contribution in [-0.4, -0.2) is 22.0 Å². The fourth-order valence-electron chi connectivity index (χ4n) is 2.00. The largest absolute Gasteiger partial charge is 0.398 e. The number of halogens is 1. The molecule has 3 rings (SSSR count). The summed E-state index contributed by atoms with van der Waals surface area (Å²) in [5.74, 6) is -1.60. The minimum absolute atomic E-state index is 0.299. The number of hydrogen-bond acceptors (Lipinski definition) is 4. The lowest BCUT2D eigenvalue weighted by molar-refractivity contribution is -0.132. The van der Waals surface area contributed by atoms with Gasteiger partial charge in [-0.1, -0.05) is 11.6 Å². The van der Waals surface area contributed by atoms with Gasteiger partial charge >= 0.3 is 11.8 Å². The zero-order valence-corrected chi connectivity index (χ0v) is 12.5. The molecular weight excluding hydrogens is 318 g/mol. The number of fused-ring (bicyclic) bond motifs is 1. The van der Waals surface area contributed by atoms with Gasteiger partial charge in [0.2, 0.25) is 0 Å². The summed E-state index contributed by atoms with van der Waals surface area (Å²) in [4.78, 5) is 23.8. The van der Waals surface area contributed by atoms with E-state index in [1.165, 1.54) is 6.07 Å². The van der Waals surface area contributed by atoms with Crippen LogP contribution >= 0.6 is 11.6 Å². The molecule has 0 saturated heterocycles. The maximum atomic E-state index is 11.9. The van der Waals surface area contributed by atoms with Crippen molar-refractivity contribution in [1.29, 1.82) is 0 Å². The van der Waals surface area contributed by atoms with E-state index < -0.39 is 11.8 Å². The summed E-state index contributed by atoms with van der Waals surface area (Å²) >= 11 is 5.87. The highest BCUT2D eigenvalue weighted by atomic mass is 35.5. The van der Waals surface area contributed by atoms with Crippen LogP contribution in [0.5, 0.6) is 0 Å². The topological polar surface area (TPSA) is 113 Å². The standard InChI is InChI=1S/C15H12ClN5O2/c16-11-5-9(3-4-12(11)17)19-14(22)15(23)20-10-2-1-8-7-18-21-13(8)6-10/h1-7H,17H2,(H,18,21)(H,19,22)(H,20,23). The second-order valence-electron chi connectivity index (χ2n) is 4.82. The summed E-state index contributed by atoms with van der Waals surface area (Å²) in [6.07, 6.45) is 1.67. The number of nitrogens with two attached hydrogens (primary N) is 1. The van der Waals surface area contributed by atoms with E-state index in [0.717, 1.165) is 10.9 Å². The Morgan fingerprint density at radius 3 is 2.39 bits per heavy atom. The highest BCUT2D eigenvalue weighted by molar-refractivity contribution is 6.44. The Morgan fingerprint density at radius 2 is 1.70 bits per heavy atom. The number of hydrogen-bond donors (Lipinski definition) is 4. The summed E-state index contributed by atoms with van der Waals surface area (Å²) in [6, 6.07) is 9.73. The van der Waals surface area contributed by atoms with Crippen molar-refractivity contribution < 1.29 is 9.59 Å². The van der Waals surface area contributed by atoms with Gasteiger partial charge in [0, 0.05) is 16.8 Å². The Morgan fingerprint density at radius 1 is 1.04 bits per heavy atom. The molecule has 7 nitrogen and oxygen atoms in total. The van der Waals surface area contributed by atoms with Crippen LogP contribution in [0.1, 0.15) is 0 Å². The van der Waals surface area contributed by atoms with Crippen LogP contribution in [0.15, 0.2) is 42.6 Å². The second-order valence-corrected chi connectivity index (χ2v) is 5.22. The highest BCUT2D eigenvalue weighted by Gasteiger charge is 2.14. The fraction of sp³-hybridized carbons (Fsp3) is 0. The molecule has 0 aliphatic rings. The average molecular weight is 330 g/mol. The van der Waals surface area contributed by atoms with E-state index >= 15 is 0 Å². The molecule has 0 aliphatic carbocycles. The molecule has 0 unspecified atom stereocenters. The zero-order valence-electron chi connectivity index (χ0n) is 11.8. The zero-order chi connectivity index (χ0) is 16.4. The van der Waals surface area contributed by atoms with Crippen molar-refractivity contribution in [3.8, 4) is 0 Å². The number of nitrogens with one attached hydrogen (secondary N) is 3. The van der Waals surface area contributed by atoms with Gasteiger partial charge in [-0.05, 0) is 36.4 Å². The average Bonchev–Trinajstić information content (AvgIpc) is 2.98. The van der Waals surface area contributed by atoms with Crippen LogP contribution in [-0.2, 0) is 9.59 Å². The van der Waals surface area contributed by atoms with Crippen molar-refractivity contribution in [2.45, 2.75) is 0 Å². The molecule has 8 heteroatoms. The first-order valence-corrected chi connectivity index (χ1v) is 7.01.